The summed E-state index contributed by atoms with van der Waals surface area (Å²) in [5, 5.41) is 24.2. The highest BCUT2D eigenvalue weighted by molar-refractivity contribution is 7.51. The van der Waals surface area contributed by atoms with Gasteiger partial charge in [0.05, 0.1) is 18.0 Å². The predicted octanol–water partition coefficient (Wildman–Crippen LogP) is 2.31. The van der Waals surface area contributed by atoms with Crippen molar-refractivity contribution in [2.45, 2.75) is 37.5 Å². The first kappa shape index (κ1) is 25.9. The monoisotopic (exact) mass is 534 g/mol. The van der Waals surface area contributed by atoms with Crippen LogP contribution in [0.25, 0.3) is 11.0 Å². The molecule has 1 fully saturated rings. The quantitative estimate of drug-likeness (QED) is 0.214. The number of nitrogens with one attached hydrogen (secondary N) is 1. The maximum absolute atomic E-state index is 14.2. The van der Waals surface area contributed by atoms with E-state index in [1.54, 1.807) is 13.0 Å². The van der Waals surface area contributed by atoms with Crippen LogP contribution in [0.3, 0.4) is 0 Å². The number of ether oxygens (including phenoxy) is 2. The van der Waals surface area contributed by atoms with Crippen LogP contribution < -0.4 is 5.32 Å². The van der Waals surface area contributed by atoms with E-state index >= 15 is 0 Å². The number of nitrogens with zero attached hydrogens (tertiary/aromatic N) is 3. The molecule has 4 rings (SSSR count). The van der Waals surface area contributed by atoms with Crippen LogP contribution in [0.1, 0.15) is 24.8 Å². The Bertz CT molecular complexity index is 1280. The molecular formula is C20H22ClF2N4O7P. The summed E-state index contributed by atoms with van der Waals surface area (Å²) in [5.41, 5.74) is 0.428. The molecule has 0 spiro atoms. The van der Waals surface area contributed by atoms with Gasteiger partial charge in [-0.05, 0) is 30.7 Å². The number of halogens is 3. The van der Waals surface area contributed by atoms with Gasteiger partial charge in [-0.25, -0.2) is 13.8 Å². The van der Waals surface area contributed by atoms with Gasteiger partial charge in [0.1, 0.15) is 47.8 Å². The molecule has 0 radical (unpaired) electrons. The average Bonchev–Trinajstić information content (AvgIpc) is 3.29. The predicted molar refractivity (Wildman–Crippen MR) is 120 cm³/mol. The van der Waals surface area contributed by atoms with Gasteiger partial charge in [0, 0.05) is 17.8 Å². The highest BCUT2D eigenvalue weighted by atomic mass is 35.5. The van der Waals surface area contributed by atoms with E-state index in [4.69, 9.17) is 30.9 Å². The first-order valence-corrected chi connectivity index (χ1v) is 12.5. The van der Waals surface area contributed by atoms with Gasteiger partial charge in [0.2, 0.25) is 5.28 Å². The molecule has 1 aromatic carbocycles. The summed E-state index contributed by atoms with van der Waals surface area (Å²) < 4.78 is 50.4. The smallest absolute Gasteiger partial charge is 0.350 e. The summed E-state index contributed by atoms with van der Waals surface area (Å²) >= 11 is 6.10. The molecule has 0 unspecified atom stereocenters. The van der Waals surface area contributed by atoms with Crippen LogP contribution in [0.5, 0.6) is 0 Å². The third kappa shape index (κ3) is 5.63. The van der Waals surface area contributed by atoms with Crippen molar-refractivity contribution >= 4 is 36.0 Å². The number of aromatic nitrogens is 3. The molecule has 3 heterocycles. The van der Waals surface area contributed by atoms with E-state index < -0.39 is 56.2 Å². The number of aliphatic hydroxyl groups excluding tert-OH is 2. The van der Waals surface area contributed by atoms with Crippen LogP contribution >= 0.6 is 19.2 Å². The van der Waals surface area contributed by atoms with Crippen LogP contribution in [0.15, 0.2) is 30.5 Å². The minimum atomic E-state index is -4.41. The van der Waals surface area contributed by atoms with Crippen LogP contribution in [0, 0.1) is 11.6 Å². The van der Waals surface area contributed by atoms with Gasteiger partial charge in [-0.2, -0.15) is 4.98 Å². The SMILES string of the molecule is C[C@@H](Nc1nc(Cl)nc2c1ccn2[C@@H]1O[C@H](COCP(=O)(O)O)[C@@H](O)[C@H]1O)c1ccc(F)cc1F. The lowest BCUT2D eigenvalue weighted by atomic mass is 10.1. The Hall–Kier alpha value is -2.22. The fourth-order valence-electron chi connectivity index (χ4n) is 3.84. The lowest BCUT2D eigenvalue weighted by molar-refractivity contribution is -0.0610. The van der Waals surface area contributed by atoms with Crippen LogP contribution in [-0.4, -0.2) is 65.8 Å². The maximum atomic E-state index is 14.2. The Kier molecular flexibility index (Phi) is 7.41. The van der Waals surface area contributed by atoms with Crippen molar-refractivity contribution in [3.63, 3.8) is 0 Å². The maximum Gasteiger partial charge on any atom is 0.350 e. The van der Waals surface area contributed by atoms with Crippen LogP contribution in [0.2, 0.25) is 5.28 Å². The second kappa shape index (κ2) is 10.0. The van der Waals surface area contributed by atoms with Gasteiger partial charge in [0.25, 0.3) is 0 Å². The summed E-state index contributed by atoms with van der Waals surface area (Å²) in [4.78, 5) is 26.1. The third-order valence-corrected chi connectivity index (χ3v) is 6.17. The van der Waals surface area contributed by atoms with Crippen LogP contribution in [0.4, 0.5) is 14.6 Å². The van der Waals surface area contributed by atoms with Crippen molar-refractivity contribution in [1.82, 2.24) is 14.5 Å². The molecular weight excluding hydrogens is 513 g/mol. The second-order valence-corrected chi connectivity index (χ2v) is 9.97. The lowest BCUT2D eigenvalue weighted by Crippen LogP contribution is -2.33. The number of anilines is 1. The number of fused-ring (bicyclic) bond motifs is 1. The molecule has 1 aliphatic heterocycles. The molecule has 2 aromatic heterocycles. The minimum absolute atomic E-state index is 0.165. The molecule has 0 bridgehead atoms. The zero-order valence-corrected chi connectivity index (χ0v) is 19.8. The van der Waals surface area contributed by atoms with Gasteiger partial charge in [-0.1, -0.05) is 6.07 Å². The van der Waals surface area contributed by atoms with Crippen molar-refractivity contribution in [1.29, 1.82) is 0 Å². The zero-order chi connectivity index (χ0) is 25.5. The topological polar surface area (TPSA) is 159 Å². The van der Waals surface area contributed by atoms with Crippen LogP contribution in [-0.2, 0) is 14.0 Å². The van der Waals surface area contributed by atoms with E-state index in [9.17, 15) is 23.6 Å². The summed E-state index contributed by atoms with van der Waals surface area (Å²) in [6.45, 7) is 1.28. The van der Waals surface area contributed by atoms with Gasteiger partial charge in [-0.15, -0.1) is 0 Å². The van der Waals surface area contributed by atoms with Crippen molar-refractivity contribution in [3.05, 3.63) is 52.9 Å². The molecule has 35 heavy (non-hydrogen) atoms. The van der Waals surface area contributed by atoms with E-state index in [1.807, 2.05) is 0 Å². The fraction of sp³-hybridized carbons (Fsp3) is 0.400. The highest BCUT2D eigenvalue weighted by Crippen LogP contribution is 2.37. The molecule has 0 amide bonds. The first-order chi connectivity index (χ1) is 16.4. The van der Waals surface area contributed by atoms with E-state index in [-0.39, 0.29) is 28.9 Å². The lowest BCUT2D eigenvalue weighted by Gasteiger charge is -2.19. The number of aliphatic hydroxyl groups is 2. The molecule has 11 nitrogen and oxygen atoms in total. The Morgan fingerprint density at radius 1 is 1.26 bits per heavy atom. The zero-order valence-electron chi connectivity index (χ0n) is 18.1. The largest absolute Gasteiger partial charge is 0.387 e. The molecule has 5 N–H and O–H groups in total. The Labute approximate surface area is 202 Å². The number of benzene rings is 1. The molecule has 3 aromatic rings. The molecule has 190 valence electrons. The van der Waals surface area contributed by atoms with Crippen molar-refractivity contribution in [2.24, 2.45) is 0 Å². The third-order valence-electron chi connectivity index (χ3n) is 5.48. The fourth-order valence-corrected chi connectivity index (χ4v) is 4.35. The summed E-state index contributed by atoms with van der Waals surface area (Å²) in [6.07, 6.45) is -4.38. The Morgan fingerprint density at radius 2 is 2.00 bits per heavy atom. The Morgan fingerprint density at radius 3 is 2.69 bits per heavy atom. The van der Waals surface area contributed by atoms with Gasteiger partial charge < -0.3 is 39.4 Å². The van der Waals surface area contributed by atoms with Gasteiger partial charge in [-0.3, -0.25) is 4.57 Å². The average molecular weight is 535 g/mol. The van der Waals surface area contributed by atoms with E-state index in [0.29, 0.717) is 5.39 Å². The number of hydrogen-bond donors (Lipinski definition) is 5. The van der Waals surface area contributed by atoms with E-state index in [2.05, 4.69) is 15.3 Å². The Balaban J connectivity index is 1.58. The number of rotatable bonds is 8. The number of hydrogen-bond acceptors (Lipinski definition) is 8. The molecule has 1 saturated heterocycles. The van der Waals surface area contributed by atoms with Crippen molar-refractivity contribution < 1.29 is 42.8 Å². The molecule has 0 saturated carbocycles. The van der Waals surface area contributed by atoms with E-state index in [0.717, 1.165) is 12.1 Å². The molecule has 0 aliphatic carbocycles. The molecule has 1 aliphatic rings. The summed E-state index contributed by atoms with van der Waals surface area (Å²) in [5.74, 6) is -1.20. The highest BCUT2D eigenvalue weighted by Gasteiger charge is 2.44. The van der Waals surface area contributed by atoms with Crippen molar-refractivity contribution in [3.8, 4) is 0 Å². The normalized spacial score (nSPS) is 23.7. The van der Waals surface area contributed by atoms with Gasteiger partial charge >= 0.3 is 7.60 Å². The second-order valence-electron chi connectivity index (χ2n) is 8.04. The summed E-state index contributed by atoms with van der Waals surface area (Å²) in [7, 11) is -4.41. The summed E-state index contributed by atoms with van der Waals surface area (Å²) in [6, 6.07) is 4.20. The molecule has 15 heteroatoms. The minimum Gasteiger partial charge on any atom is -0.387 e. The van der Waals surface area contributed by atoms with Gasteiger partial charge in [0.15, 0.2) is 6.23 Å². The van der Waals surface area contributed by atoms with E-state index in [1.165, 1.54) is 16.8 Å². The molecule has 5 atom stereocenters. The standard InChI is InChI=1S/C20H22ClF2N4O7P/c1-9(11-3-2-10(22)6-13(11)23)24-17-12-4-5-27(18(12)26-20(21)25-17)19-16(29)15(28)14(34-19)7-33-8-35(30,31)32/h2-6,9,14-16,19,28-29H,7-8H2,1H3,(H,24,25,26)(H2,30,31,32)/t9-,14-,15-,16-,19-/m1/s1. The van der Waals surface area contributed by atoms with Crippen molar-refractivity contribution in [2.75, 3.05) is 18.3 Å². The first-order valence-electron chi connectivity index (χ1n) is 10.3.